The second-order valence-electron chi connectivity index (χ2n) is 5.47. The highest BCUT2D eigenvalue weighted by molar-refractivity contribution is 5.65. The number of nitrogens with zero attached hydrogens (tertiary/aromatic N) is 3. The fraction of sp³-hybridized carbons (Fsp3) is 0.222. The molecule has 0 spiro atoms. The monoisotopic (exact) mass is 397 g/mol. The van der Waals surface area contributed by atoms with E-state index in [-0.39, 0.29) is 11.4 Å². The second kappa shape index (κ2) is 7.44. The SMILES string of the molecule is CC#CCOC(F)(F)c1nnc2ccc(-c3ccc(OC(F)(F)F)cc3)cn12. The maximum absolute atomic E-state index is 14.3. The van der Waals surface area contributed by atoms with Crippen LogP contribution in [0.15, 0.2) is 42.6 Å². The second-order valence-corrected chi connectivity index (χ2v) is 5.47. The highest BCUT2D eigenvalue weighted by Crippen LogP contribution is 2.30. The number of rotatable bonds is 5. The summed E-state index contributed by atoms with van der Waals surface area (Å²) in [7, 11) is 0. The van der Waals surface area contributed by atoms with Gasteiger partial charge in [-0.3, -0.25) is 4.40 Å². The van der Waals surface area contributed by atoms with Crippen LogP contribution in [0.3, 0.4) is 0 Å². The van der Waals surface area contributed by atoms with E-state index in [0.29, 0.717) is 11.1 Å². The molecule has 0 N–H and O–H groups in total. The van der Waals surface area contributed by atoms with Crippen molar-refractivity contribution >= 4 is 5.65 Å². The van der Waals surface area contributed by atoms with Crippen LogP contribution in [-0.4, -0.2) is 27.6 Å². The Bertz CT molecular complexity index is 1030. The maximum Gasteiger partial charge on any atom is 0.573 e. The third kappa shape index (κ3) is 4.37. The lowest BCUT2D eigenvalue weighted by Gasteiger charge is -2.13. The summed E-state index contributed by atoms with van der Waals surface area (Å²) in [6.07, 6.45) is -7.19. The van der Waals surface area contributed by atoms with Crippen LogP contribution in [0.1, 0.15) is 12.7 Å². The van der Waals surface area contributed by atoms with Gasteiger partial charge in [0.2, 0.25) is 5.82 Å². The number of fused-ring (bicyclic) bond motifs is 1. The van der Waals surface area contributed by atoms with Gasteiger partial charge in [0.05, 0.1) is 0 Å². The quantitative estimate of drug-likeness (QED) is 0.474. The Balaban J connectivity index is 1.92. The first-order valence-electron chi connectivity index (χ1n) is 7.82. The number of pyridine rings is 1. The fourth-order valence-corrected chi connectivity index (χ4v) is 2.37. The lowest BCUT2D eigenvalue weighted by atomic mass is 10.1. The number of aromatic nitrogens is 3. The molecule has 0 aliphatic carbocycles. The molecule has 1 aromatic carbocycles. The number of ether oxygens (including phenoxy) is 2. The Hall–Kier alpha value is -3.19. The van der Waals surface area contributed by atoms with Crippen LogP contribution >= 0.6 is 0 Å². The van der Waals surface area contributed by atoms with Crippen molar-refractivity contribution in [1.82, 2.24) is 14.6 Å². The molecule has 10 heteroatoms. The van der Waals surface area contributed by atoms with Crippen molar-refractivity contribution < 1.29 is 31.4 Å². The number of benzene rings is 1. The van der Waals surface area contributed by atoms with Gasteiger partial charge < -0.3 is 9.47 Å². The van der Waals surface area contributed by atoms with Crippen molar-refractivity contribution in [3.8, 4) is 28.7 Å². The zero-order chi connectivity index (χ0) is 20.4. The van der Waals surface area contributed by atoms with E-state index in [0.717, 1.165) is 16.5 Å². The summed E-state index contributed by atoms with van der Waals surface area (Å²) in [6, 6.07) is 8.03. The minimum absolute atomic E-state index is 0.153. The van der Waals surface area contributed by atoms with Gasteiger partial charge in [-0.1, -0.05) is 18.1 Å². The van der Waals surface area contributed by atoms with Gasteiger partial charge in [0.15, 0.2) is 5.65 Å². The van der Waals surface area contributed by atoms with Gasteiger partial charge in [-0.05, 0) is 42.3 Å². The third-order valence-corrected chi connectivity index (χ3v) is 3.59. The van der Waals surface area contributed by atoms with Crippen molar-refractivity contribution in [2.75, 3.05) is 6.61 Å². The van der Waals surface area contributed by atoms with E-state index >= 15 is 0 Å². The highest BCUT2D eigenvalue weighted by atomic mass is 19.4. The molecule has 0 radical (unpaired) electrons. The topological polar surface area (TPSA) is 48.7 Å². The molecule has 0 saturated carbocycles. The molecule has 0 unspecified atom stereocenters. The summed E-state index contributed by atoms with van der Waals surface area (Å²) in [4.78, 5) is 0. The minimum Gasteiger partial charge on any atom is -0.406 e. The van der Waals surface area contributed by atoms with Crippen LogP contribution in [0.25, 0.3) is 16.8 Å². The Morgan fingerprint density at radius 3 is 2.29 bits per heavy atom. The van der Waals surface area contributed by atoms with E-state index in [2.05, 4.69) is 31.5 Å². The standard InChI is InChI=1S/C18H12F5N3O2/c1-2-3-10-27-17(19,20)16-25-24-15-9-6-13(11-26(15)16)12-4-7-14(8-5-12)28-18(21,22)23/h4-9,11H,10H2,1H3. The summed E-state index contributed by atoms with van der Waals surface area (Å²) in [5.41, 5.74) is 1.09. The lowest BCUT2D eigenvalue weighted by Crippen LogP contribution is -2.22. The Morgan fingerprint density at radius 2 is 1.64 bits per heavy atom. The molecule has 0 aliphatic heterocycles. The van der Waals surface area contributed by atoms with Crippen LogP contribution < -0.4 is 4.74 Å². The normalized spacial score (nSPS) is 11.9. The molecule has 0 saturated heterocycles. The Morgan fingerprint density at radius 1 is 0.964 bits per heavy atom. The van der Waals surface area contributed by atoms with Crippen LogP contribution in [0.2, 0.25) is 0 Å². The molecule has 3 rings (SSSR count). The lowest BCUT2D eigenvalue weighted by molar-refractivity contribution is -0.274. The van der Waals surface area contributed by atoms with Gasteiger partial charge in [-0.15, -0.1) is 29.3 Å². The van der Waals surface area contributed by atoms with Crippen molar-refractivity contribution in [3.63, 3.8) is 0 Å². The molecule has 146 valence electrons. The van der Waals surface area contributed by atoms with E-state index in [1.54, 1.807) is 6.07 Å². The molecule has 0 atom stereocenters. The van der Waals surface area contributed by atoms with E-state index in [1.807, 2.05) is 0 Å². The average Bonchev–Trinajstić information content (AvgIpc) is 3.05. The third-order valence-electron chi connectivity index (χ3n) is 3.59. The fourth-order valence-electron chi connectivity index (χ4n) is 2.37. The largest absolute Gasteiger partial charge is 0.573 e. The number of alkyl halides is 5. The molecular weight excluding hydrogens is 385 g/mol. The summed E-state index contributed by atoms with van der Waals surface area (Å²) < 4.78 is 74.6. The molecule has 0 bridgehead atoms. The molecule has 5 nitrogen and oxygen atoms in total. The first kappa shape index (κ1) is 19.6. The smallest absolute Gasteiger partial charge is 0.406 e. The van der Waals surface area contributed by atoms with Gasteiger partial charge in [-0.25, -0.2) is 0 Å². The predicted molar refractivity (Wildman–Crippen MR) is 88.4 cm³/mol. The predicted octanol–water partition coefficient (Wildman–Crippen LogP) is 4.38. The van der Waals surface area contributed by atoms with E-state index in [9.17, 15) is 22.0 Å². The number of hydrogen-bond acceptors (Lipinski definition) is 4. The first-order chi connectivity index (χ1) is 13.2. The van der Waals surface area contributed by atoms with Crippen LogP contribution in [0.4, 0.5) is 22.0 Å². The Kier molecular flexibility index (Phi) is 5.20. The summed E-state index contributed by atoms with van der Waals surface area (Å²) in [6.45, 7) is 1.00. The maximum atomic E-state index is 14.3. The van der Waals surface area contributed by atoms with E-state index in [1.165, 1.54) is 31.3 Å². The van der Waals surface area contributed by atoms with Gasteiger partial charge in [0, 0.05) is 6.20 Å². The molecular formula is C18H12F5N3O2. The van der Waals surface area contributed by atoms with Crippen LogP contribution in [-0.2, 0) is 10.8 Å². The van der Waals surface area contributed by atoms with Crippen molar-refractivity contribution in [1.29, 1.82) is 0 Å². The molecule has 28 heavy (non-hydrogen) atoms. The number of halogens is 5. The van der Waals surface area contributed by atoms with Gasteiger partial charge in [-0.2, -0.15) is 8.78 Å². The summed E-state index contributed by atoms with van der Waals surface area (Å²) in [5.74, 6) is 3.69. The van der Waals surface area contributed by atoms with Gasteiger partial charge in [0.25, 0.3) is 0 Å². The van der Waals surface area contributed by atoms with E-state index < -0.39 is 24.9 Å². The van der Waals surface area contributed by atoms with Crippen LogP contribution in [0.5, 0.6) is 5.75 Å². The molecule has 0 amide bonds. The number of hydrogen-bond donors (Lipinski definition) is 0. The van der Waals surface area contributed by atoms with Crippen molar-refractivity contribution in [3.05, 3.63) is 48.4 Å². The van der Waals surface area contributed by atoms with Gasteiger partial charge >= 0.3 is 12.5 Å². The van der Waals surface area contributed by atoms with E-state index in [4.69, 9.17) is 0 Å². The highest BCUT2D eigenvalue weighted by Gasteiger charge is 2.38. The zero-order valence-corrected chi connectivity index (χ0v) is 14.3. The molecule has 3 aromatic rings. The van der Waals surface area contributed by atoms with Crippen molar-refractivity contribution in [2.45, 2.75) is 19.4 Å². The molecule has 0 aliphatic rings. The zero-order valence-electron chi connectivity index (χ0n) is 14.3. The molecule has 2 aromatic heterocycles. The minimum atomic E-state index is -4.80. The molecule has 0 fully saturated rings. The summed E-state index contributed by atoms with van der Waals surface area (Å²) in [5, 5.41) is 7.15. The Labute approximate surface area is 155 Å². The van der Waals surface area contributed by atoms with Gasteiger partial charge in [0.1, 0.15) is 12.4 Å². The molecule has 2 heterocycles. The van der Waals surface area contributed by atoms with Crippen molar-refractivity contribution in [2.24, 2.45) is 0 Å². The average molecular weight is 397 g/mol. The van der Waals surface area contributed by atoms with Crippen LogP contribution in [0, 0.1) is 11.8 Å². The first-order valence-corrected chi connectivity index (χ1v) is 7.82. The summed E-state index contributed by atoms with van der Waals surface area (Å²) >= 11 is 0.